The van der Waals surface area contributed by atoms with Crippen LogP contribution in [0.5, 0.6) is 0 Å². The fourth-order valence-electron chi connectivity index (χ4n) is 2.28. The summed E-state index contributed by atoms with van der Waals surface area (Å²) in [6, 6.07) is 2.19. The highest BCUT2D eigenvalue weighted by molar-refractivity contribution is 7.14. The van der Waals surface area contributed by atoms with Crippen LogP contribution in [0.15, 0.2) is 6.07 Å². The summed E-state index contributed by atoms with van der Waals surface area (Å²) in [7, 11) is 0. The predicted octanol–water partition coefficient (Wildman–Crippen LogP) is 3.37. The average molecular weight is 272 g/mol. The lowest BCUT2D eigenvalue weighted by Gasteiger charge is -2.14. The summed E-state index contributed by atoms with van der Waals surface area (Å²) in [6.07, 6.45) is 4.32. The Morgan fingerprint density at radius 1 is 1.53 bits per heavy atom. The van der Waals surface area contributed by atoms with E-state index in [1.165, 1.54) is 16.9 Å². The fourth-order valence-corrected chi connectivity index (χ4v) is 3.71. The zero-order chi connectivity index (χ0) is 12.4. The molecule has 2 atom stereocenters. The normalized spacial score (nSPS) is 17.6. The highest BCUT2D eigenvalue weighted by atomic mass is 35.5. The van der Waals surface area contributed by atoms with E-state index in [2.05, 4.69) is 11.4 Å². The first kappa shape index (κ1) is 12.9. The molecule has 0 radical (unpaired) electrons. The van der Waals surface area contributed by atoms with Crippen molar-refractivity contribution in [3.8, 4) is 0 Å². The standard InChI is InChI=1S/C13H18ClNOS/c1-8(14)6-9(2)15-13(16)12-7-10-4-3-5-11(10)17-12/h7-9H,3-6H2,1-2H3,(H,15,16). The van der Waals surface area contributed by atoms with Crippen molar-refractivity contribution >= 4 is 28.8 Å². The van der Waals surface area contributed by atoms with Gasteiger partial charge in [0.1, 0.15) is 0 Å². The van der Waals surface area contributed by atoms with Crippen molar-refractivity contribution < 1.29 is 4.79 Å². The quantitative estimate of drug-likeness (QED) is 0.836. The lowest BCUT2D eigenvalue weighted by atomic mass is 10.2. The largest absolute Gasteiger partial charge is 0.349 e. The highest BCUT2D eigenvalue weighted by Crippen LogP contribution is 2.30. The van der Waals surface area contributed by atoms with Gasteiger partial charge in [0.05, 0.1) is 4.88 Å². The van der Waals surface area contributed by atoms with Crippen LogP contribution < -0.4 is 5.32 Å². The number of aryl methyl sites for hydroxylation is 2. The van der Waals surface area contributed by atoms with Crippen LogP contribution in [-0.2, 0) is 12.8 Å². The van der Waals surface area contributed by atoms with Gasteiger partial charge in [0.15, 0.2) is 0 Å². The number of amides is 1. The molecule has 0 fully saturated rings. The molecule has 0 bridgehead atoms. The minimum atomic E-state index is 0.0502. The van der Waals surface area contributed by atoms with Crippen LogP contribution in [-0.4, -0.2) is 17.3 Å². The molecule has 1 aliphatic rings. The lowest BCUT2D eigenvalue weighted by molar-refractivity contribution is 0.0942. The monoisotopic (exact) mass is 271 g/mol. The number of nitrogens with one attached hydrogen (secondary N) is 1. The lowest BCUT2D eigenvalue weighted by Crippen LogP contribution is -2.33. The maximum atomic E-state index is 12.0. The van der Waals surface area contributed by atoms with Gasteiger partial charge in [0, 0.05) is 16.3 Å². The molecule has 1 aromatic heterocycles. The third-order valence-electron chi connectivity index (χ3n) is 3.03. The van der Waals surface area contributed by atoms with Crippen LogP contribution in [0.3, 0.4) is 0 Å². The predicted molar refractivity (Wildman–Crippen MR) is 73.2 cm³/mol. The van der Waals surface area contributed by atoms with E-state index in [1.54, 1.807) is 11.3 Å². The first-order valence-corrected chi connectivity index (χ1v) is 7.38. The minimum absolute atomic E-state index is 0.0502. The van der Waals surface area contributed by atoms with Crippen LogP contribution >= 0.6 is 22.9 Å². The molecule has 0 aromatic carbocycles. The number of carbonyl (C=O) groups excluding carboxylic acids is 1. The van der Waals surface area contributed by atoms with E-state index in [0.29, 0.717) is 0 Å². The summed E-state index contributed by atoms with van der Waals surface area (Å²) in [4.78, 5) is 14.2. The Hall–Kier alpha value is -0.540. The summed E-state index contributed by atoms with van der Waals surface area (Å²) in [5, 5.41) is 3.10. The first-order valence-electron chi connectivity index (χ1n) is 6.12. The van der Waals surface area contributed by atoms with Crippen molar-refractivity contribution in [2.24, 2.45) is 0 Å². The first-order chi connectivity index (χ1) is 8.06. The van der Waals surface area contributed by atoms with E-state index >= 15 is 0 Å². The number of thiophene rings is 1. The Kier molecular flexibility index (Phi) is 4.10. The Morgan fingerprint density at radius 2 is 2.29 bits per heavy atom. The molecule has 2 unspecified atom stereocenters. The van der Waals surface area contributed by atoms with E-state index in [9.17, 15) is 4.79 Å². The Balaban J connectivity index is 1.95. The SMILES string of the molecule is CC(Cl)CC(C)NC(=O)c1cc2c(s1)CCC2. The molecule has 0 saturated carbocycles. The maximum Gasteiger partial charge on any atom is 0.261 e. The van der Waals surface area contributed by atoms with E-state index in [-0.39, 0.29) is 17.3 Å². The van der Waals surface area contributed by atoms with E-state index in [1.807, 2.05) is 13.8 Å². The van der Waals surface area contributed by atoms with Crippen molar-refractivity contribution in [3.63, 3.8) is 0 Å². The molecule has 2 nitrogen and oxygen atoms in total. The number of carbonyl (C=O) groups is 1. The zero-order valence-electron chi connectivity index (χ0n) is 10.3. The van der Waals surface area contributed by atoms with Crippen LogP contribution in [0.4, 0.5) is 0 Å². The summed E-state index contributed by atoms with van der Waals surface area (Å²) in [5.41, 5.74) is 1.37. The van der Waals surface area contributed by atoms with E-state index in [0.717, 1.165) is 24.1 Å². The molecule has 1 heterocycles. The van der Waals surface area contributed by atoms with Gasteiger partial charge in [0.25, 0.3) is 5.91 Å². The van der Waals surface area contributed by atoms with Crippen molar-refractivity contribution in [1.29, 1.82) is 0 Å². The van der Waals surface area contributed by atoms with Crippen molar-refractivity contribution in [1.82, 2.24) is 5.32 Å². The number of fused-ring (bicyclic) bond motifs is 1. The van der Waals surface area contributed by atoms with Gasteiger partial charge < -0.3 is 5.32 Å². The van der Waals surface area contributed by atoms with Gasteiger partial charge in [-0.25, -0.2) is 0 Å². The second-order valence-corrected chi connectivity index (χ2v) is 6.69. The molecule has 1 aromatic rings. The summed E-state index contributed by atoms with van der Waals surface area (Å²) >= 11 is 7.56. The molecule has 1 amide bonds. The molecule has 17 heavy (non-hydrogen) atoms. The Labute approximate surface area is 111 Å². The molecular formula is C13H18ClNOS. The van der Waals surface area contributed by atoms with Crippen LogP contribution in [0.1, 0.15) is 46.8 Å². The molecule has 4 heteroatoms. The third kappa shape index (κ3) is 3.23. The summed E-state index contributed by atoms with van der Waals surface area (Å²) in [5.74, 6) is 0.0502. The van der Waals surface area contributed by atoms with Crippen LogP contribution in [0.25, 0.3) is 0 Å². The minimum Gasteiger partial charge on any atom is -0.349 e. The smallest absolute Gasteiger partial charge is 0.261 e. The fraction of sp³-hybridized carbons (Fsp3) is 0.615. The van der Waals surface area contributed by atoms with Crippen LogP contribution in [0.2, 0.25) is 0 Å². The maximum absolute atomic E-state index is 12.0. The number of alkyl halides is 1. The molecule has 94 valence electrons. The van der Waals surface area contributed by atoms with E-state index in [4.69, 9.17) is 11.6 Å². The second kappa shape index (κ2) is 5.40. The molecular weight excluding hydrogens is 254 g/mol. The molecule has 0 aliphatic heterocycles. The number of halogens is 1. The highest BCUT2D eigenvalue weighted by Gasteiger charge is 2.19. The van der Waals surface area contributed by atoms with Crippen LogP contribution in [0, 0.1) is 0 Å². The molecule has 1 aliphatic carbocycles. The van der Waals surface area contributed by atoms with Gasteiger partial charge in [-0.1, -0.05) is 0 Å². The third-order valence-corrected chi connectivity index (χ3v) is 4.44. The topological polar surface area (TPSA) is 29.1 Å². The second-order valence-electron chi connectivity index (χ2n) is 4.80. The number of hydrogen-bond donors (Lipinski definition) is 1. The Bertz CT molecular complexity index is 392. The summed E-state index contributed by atoms with van der Waals surface area (Å²) < 4.78 is 0. The van der Waals surface area contributed by atoms with Crippen molar-refractivity contribution in [2.45, 2.75) is 50.9 Å². The molecule has 1 N–H and O–H groups in total. The van der Waals surface area contributed by atoms with Gasteiger partial charge in [-0.05, 0) is 51.2 Å². The zero-order valence-corrected chi connectivity index (χ0v) is 11.8. The molecule has 0 saturated heterocycles. The van der Waals surface area contributed by atoms with Gasteiger partial charge >= 0.3 is 0 Å². The van der Waals surface area contributed by atoms with Crippen molar-refractivity contribution in [2.75, 3.05) is 0 Å². The van der Waals surface area contributed by atoms with Gasteiger partial charge in [-0.2, -0.15) is 0 Å². The molecule has 0 spiro atoms. The van der Waals surface area contributed by atoms with Crippen molar-refractivity contribution in [3.05, 3.63) is 21.4 Å². The van der Waals surface area contributed by atoms with Gasteiger partial charge in [-0.3, -0.25) is 4.79 Å². The van der Waals surface area contributed by atoms with Gasteiger partial charge in [0.2, 0.25) is 0 Å². The summed E-state index contributed by atoms with van der Waals surface area (Å²) in [6.45, 7) is 3.95. The molecule has 2 rings (SSSR count). The van der Waals surface area contributed by atoms with E-state index < -0.39 is 0 Å². The number of hydrogen-bond acceptors (Lipinski definition) is 2. The Morgan fingerprint density at radius 3 is 2.94 bits per heavy atom. The van der Waals surface area contributed by atoms with Gasteiger partial charge in [-0.15, -0.1) is 22.9 Å². The average Bonchev–Trinajstić information content (AvgIpc) is 2.73. The number of rotatable bonds is 4.